The molecule has 1 saturated carbocycles. The number of carbonyl (C=O) groups is 1. The molecule has 3 nitrogen and oxygen atoms in total. The summed E-state index contributed by atoms with van der Waals surface area (Å²) in [7, 11) is 0. The normalized spacial score (nSPS) is 33.1. The number of hydrogen-bond acceptors (Lipinski definition) is 2. The summed E-state index contributed by atoms with van der Waals surface area (Å²) in [4.78, 5) is 14.0. The van der Waals surface area contributed by atoms with Crippen molar-refractivity contribution in [2.24, 2.45) is 11.7 Å². The van der Waals surface area contributed by atoms with Gasteiger partial charge in [-0.15, -0.1) is 0 Å². The van der Waals surface area contributed by atoms with E-state index in [0.29, 0.717) is 17.9 Å². The quantitative estimate of drug-likeness (QED) is 0.751. The maximum Gasteiger partial charge on any atom is 0.222 e. The highest BCUT2D eigenvalue weighted by Crippen LogP contribution is 2.30. The molecule has 2 aliphatic rings. The van der Waals surface area contributed by atoms with Crippen LogP contribution >= 0.6 is 0 Å². The van der Waals surface area contributed by atoms with Crippen LogP contribution in [0.25, 0.3) is 0 Å². The Kier molecular flexibility index (Phi) is 3.62. The molecule has 1 heterocycles. The van der Waals surface area contributed by atoms with Crippen LogP contribution in [-0.4, -0.2) is 29.9 Å². The van der Waals surface area contributed by atoms with Crippen LogP contribution in [0.1, 0.15) is 44.9 Å². The molecule has 0 radical (unpaired) electrons. The van der Waals surface area contributed by atoms with Gasteiger partial charge in [0.1, 0.15) is 0 Å². The molecule has 0 aromatic rings. The van der Waals surface area contributed by atoms with Crippen LogP contribution in [-0.2, 0) is 4.79 Å². The van der Waals surface area contributed by atoms with Crippen molar-refractivity contribution in [2.75, 3.05) is 13.1 Å². The summed E-state index contributed by atoms with van der Waals surface area (Å²) < 4.78 is 0. The van der Waals surface area contributed by atoms with Crippen molar-refractivity contribution in [3.05, 3.63) is 0 Å². The first kappa shape index (κ1) is 10.9. The lowest BCUT2D eigenvalue weighted by atomic mass is 9.83. The van der Waals surface area contributed by atoms with Gasteiger partial charge in [-0.25, -0.2) is 0 Å². The minimum absolute atomic E-state index is 0.367. The summed E-state index contributed by atoms with van der Waals surface area (Å²) >= 11 is 0. The predicted octanol–water partition coefficient (Wildman–Crippen LogP) is 1.52. The topological polar surface area (TPSA) is 46.3 Å². The van der Waals surface area contributed by atoms with Gasteiger partial charge in [-0.1, -0.05) is 12.8 Å². The van der Waals surface area contributed by atoms with Crippen molar-refractivity contribution in [1.82, 2.24) is 4.90 Å². The molecule has 2 N–H and O–H groups in total. The second kappa shape index (κ2) is 4.97. The molecule has 2 unspecified atom stereocenters. The molecule has 1 aliphatic heterocycles. The zero-order chi connectivity index (χ0) is 10.7. The van der Waals surface area contributed by atoms with Crippen molar-refractivity contribution in [1.29, 1.82) is 0 Å². The zero-order valence-corrected chi connectivity index (χ0v) is 9.45. The Bertz CT molecular complexity index is 230. The largest absolute Gasteiger partial charge is 0.339 e. The van der Waals surface area contributed by atoms with E-state index in [1.807, 2.05) is 0 Å². The maximum absolute atomic E-state index is 11.8. The van der Waals surface area contributed by atoms with E-state index in [-0.39, 0.29) is 0 Å². The van der Waals surface area contributed by atoms with Gasteiger partial charge in [0.2, 0.25) is 5.91 Å². The monoisotopic (exact) mass is 210 g/mol. The molecule has 86 valence electrons. The molecule has 2 atom stereocenters. The van der Waals surface area contributed by atoms with Gasteiger partial charge >= 0.3 is 0 Å². The molecule has 0 aromatic heterocycles. The fourth-order valence-electron chi connectivity index (χ4n) is 3.05. The van der Waals surface area contributed by atoms with Crippen LogP contribution < -0.4 is 5.73 Å². The molecular weight excluding hydrogens is 188 g/mol. The average Bonchev–Trinajstić information content (AvgIpc) is 2.30. The zero-order valence-electron chi connectivity index (χ0n) is 9.45. The Morgan fingerprint density at radius 3 is 2.73 bits per heavy atom. The van der Waals surface area contributed by atoms with Gasteiger partial charge in [0, 0.05) is 19.0 Å². The standard InChI is InChI=1S/C12H22N2O/c13-9-10-5-1-2-6-11(10)14-8-4-3-7-12(14)15/h10-11H,1-9,13H2. The third kappa shape index (κ3) is 2.33. The van der Waals surface area contributed by atoms with Crippen LogP contribution in [0.2, 0.25) is 0 Å². The highest BCUT2D eigenvalue weighted by molar-refractivity contribution is 5.77. The SMILES string of the molecule is NCC1CCCCC1N1CCCCC1=O. The van der Waals surface area contributed by atoms with E-state index < -0.39 is 0 Å². The average molecular weight is 210 g/mol. The summed E-state index contributed by atoms with van der Waals surface area (Å²) in [5.74, 6) is 0.924. The number of rotatable bonds is 2. The smallest absolute Gasteiger partial charge is 0.222 e. The van der Waals surface area contributed by atoms with E-state index in [9.17, 15) is 4.79 Å². The van der Waals surface area contributed by atoms with E-state index >= 15 is 0 Å². The van der Waals surface area contributed by atoms with Gasteiger partial charge in [-0.3, -0.25) is 4.79 Å². The van der Waals surface area contributed by atoms with Crippen molar-refractivity contribution >= 4 is 5.91 Å². The maximum atomic E-state index is 11.8. The van der Waals surface area contributed by atoms with E-state index in [1.165, 1.54) is 32.1 Å². The number of carbonyl (C=O) groups excluding carboxylic acids is 1. The Balaban J connectivity index is 2.02. The lowest BCUT2D eigenvalue weighted by molar-refractivity contribution is -0.137. The van der Waals surface area contributed by atoms with Gasteiger partial charge in [-0.2, -0.15) is 0 Å². The first-order chi connectivity index (χ1) is 7.33. The van der Waals surface area contributed by atoms with Crippen molar-refractivity contribution in [3.63, 3.8) is 0 Å². The predicted molar refractivity (Wildman–Crippen MR) is 60.4 cm³/mol. The number of likely N-dealkylation sites (tertiary alicyclic amines) is 1. The number of hydrogen-bond donors (Lipinski definition) is 1. The lowest BCUT2D eigenvalue weighted by Gasteiger charge is -2.41. The Morgan fingerprint density at radius 1 is 1.20 bits per heavy atom. The Morgan fingerprint density at radius 2 is 2.00 bits per heavy atom. The van der Waals surface area contributed by atoms with Crippen molar-refractivity contribution < 1.29 is 4.79 Å². The first-order valence-electron chi connectivity index (χ1n) is 6.32. The van der Waals surface area contributed by atoms with Gasteiger partial charge in [0.15, 0.2) is 0 Å². The minimum Gasteiger partial charge on any atom is -0.339 e. The number of piperidine rings is 1. The second-order valence-corrected chi connectivity index (χ2v) is 4.89. The first-order valence-corrected chi connectivity index (χ1v) is 6.32. The minimum atomic E-state index is 0.367. The van der Waals surface area contributed by atoms with Crippen LogP contribution in [0.5, 0.6) is 0 Å². The summed E-state index contributed by atoms with van der Waals surface area (Å²) in [5, 5.41) is 0. The van der Waals surface area contributed by atoms with Gasteiger partial charge in [0.25, 0.3) is 0 Å². The summed E-state index contributed by atoms with van der Waals surface area (Å²) in [6, 6.07) is 0.455. The van der Waals surface area contributed by atoms with E-state index in [4.69, 9.17) is 5.73 Å². The summed E-state index contributed by atoms with van der Waals surface area (Å²) in [5.41, 5.74) is 5.81. The van der Waals surface area contributed by atoms with Crippen LogP contribution in [0.4, 0.5) is 0 Å². The highest BCUT2D eigenvalue weighted by Gasteiger charge is 2.32. The second-order valence-electron chi connectivity index (χ2n) is 4.89. The molecule has 0 spiro atoms. The molecule has 1 aliphatic carbocycles. The van der Waals surface area contributed by atoms with E-state index in [1.54, 1.807) is 0 Å². The van der Waals surface area contributed by atoms with E-state index in [0.717, 1.165) is 25.9 Å². The van der Waals surface area contributed by atoms with Gasteiger partial charge < -0.3 is 10.6 Å². The summed E-state index contributed by atoms with van der Waals surface area (Å²) in [6.45, 7) is 1.72. The third-order valence-corrected chi connectivity index (χ3v) is 3.93. The van der Waals surface area contributed by atoms with Crippen LogP contribution in [0, 0.1) is 5.92 Å². The van der Waals surface area contributed by atoms with Crippen LogP contribution in [0.15, 0.2) is 0 Å². The molecule has 15 heavy (non-hydrogen) atoms. The van der Waals surface area contributed by atoms with Crippen LogP contribution in [0.3, 0.4) is 0 Å². The Labute approximate surface area is 92.0 Å². The third-order valence-electron chi connectivity index (χ3n) is 3.93. The molecular formula is C12H22N2O. The molecule has 1 saturated heterocycles. The molecule has 2 rings (SSSR count). The summed E-state index contributed by atoms with van der Waals surface area (Å²) in [6.07, 6.45) is 7.96. The number of amides is 1. The number of nitrogens with two attached hydrogens (primary N) is 1. The fourth-order valence-corrected chi connectivity index (χ4v) is 3.05. The Hall–Kier alpha value is -0.570. The molecule has 1 amide bonds. The van der Waals surface area contributed by atoms with E-state index in [2.05, 4.69) is 4.90 Å². The number of nitrogens with zero attached hydrogens (tertiary/aromatic N) is 1. The van der Waals surface area contributed by atoms with Gasteiger partial charge in [0.05, 0.1) is 0 Å². The van der Waals surface area contributed by atoms with Crippen molar-refractivity contribution in [2.45, 2.75) is 51.0 Å². The molecule has 0 bridgehead atoms. The van der Waals surface area contributed by atoms with Crippen molar-refractivity contribution in [3.8, 4) is 0 Å². The lowest BCUT2D eigenvalue weighted by Crippen LogP contribution is -2.49. The fraction of sp³-hybridized carbons (Fsp3) is 0.917. The van der Waals surface area contributed by atoms with Gasteiger partial charge in [-0.05, 0) is 38.1 Å². The molecule has 3 heteroatoms. The molecule has 0 aromatic carbocycles. The molecule has 2 fully saturated rings. The highest BCUT2D eigenvalue weighted by atomic mass is 16.2.